The number of amides is 3. The van der Waals surface area contributed by atoms with E-state index in [0.717, 1.165) is 18.6 Å². The highest BCUT2D eigenvalue weighted by Gasteiger charge is 2.34. The van der Waals surface area contributed by atoms with Gasteiger partial charge >= 0.3 is 0 Å². The Labute approximate surface area is 182 Å². The molecule has 6 nitrogen and oxygen atoms in total. The Bertz CT molecular complexity index is 973. The molecule has 1 fully saturated rings. The van der Waals surface area contributed by atoms with E-state index in [-0.39, 0.29) is 30.4 Å². The van der Waals surface area contributed by atoms with Gasteiger partial charge in [0.25, 0.3) is 11.8 Å². The molecule has 1 saturated heterocycles. The summed E-state index contributed by atoms with van der Waals surface area (Å²) in [6, 6.07) is 13.0. The van der Waals surface area contributed by atoms with Crippen LogP contribution in [0.2, 0.25) is 0 Å². The van der Waals surface area contributed by atoms with Gasteiger partial charge in [0.05, 0.1) is 11.1 Å². The fourth-order valence-electron chi connectivity index (χ4n) is 4.19. The molecule has 2 aromatic rings. The van der Waals surface area contributed by atoms with Crippen molar-refractivity contribution < 1.29 is 19.1 Å². The van der Waals surface area contributed by atoms with Gasteiger partial charge in [0, 0.05) is 38.9 Å². The molecule has 0 spiro atoms. The molecule has 162 valence electrons. The van der Waals surface area contributed by atoms with E-state index in [0.29, 0.717) is 37.1 Å². The quantitative estimate of drug-likeness (QED) is 0.668. The maximum Gasteiger partial charge on any atom is 0.261 e. The van der Waals surface area contributed by atoms with Crippen LogP contribution in [0.3, 0.4) is 0 Å². The third-order valence-electron chi connectivity index (χ3n) is 6.23. The van der Waals surface area contributed by atoms with Gasteiger partial charge in [0.1, 0.15) is 11.9 Å². The predicted molar refractivity (Wildman–Crippen MR) is 117 cm³/mol. The highest BCUT2D eigenvalue weighted by Crippen LogP contribution is 2.24. The zero-order chi connectivity index (χ0) is 22.0. The highest BCUT2D eigenvalue weighted by atomic mass is 16.5. The summed E-state index contributed by atoms with van der Waals surface area (Å²) >= 11 is 0. The van der Waals surface area contributed by atoms with Gasteiger partial charge < -0.3 is 9.64 Å². The largest absolute Gasteiger partial charge is 0.490 e. The van der Waals surface area contributed by atoms with Crippen molar-refractivity contribution in [3.8, 4) is 5.75 Å². The van der Waals surface area contributed by atoms with Gasteiger partial charge in [-0.15, -0.1) is 0 Å². The Morgan fingerprint density at radius 1 is 0.968 bits per heavy atom. The van der Waals surface area contributed by atoms with Crippen LogP contribution in [0.4, 0.5) is 0 Å². The first-order valence-electron chi connectivity index (χ1n) is 10.9. The molecule has 0 atom stereocenters. The van der Waals surface area contributed by atoms with E-state index in [9.17, 15) is 14.4 Å². The number of benzene rings is 2. The molecule has 3 amide bonds. The monoisotopic (exact) mass is 420 g/mol. The first kappa shape index (κ1) is 21.1. The molecule has 0 aromatic heterocycles. The average molecular weight is 421 g/mol. The number of ether oxygens (including phenoxy) is 1. The van der Waals surface area contributed by atoms with Gasteiger partial charge in [-0.1, -0.05) is 18.2 Å². The number of carbonyl (C=O) groups excluding carboxylic acids is 3. The van der Waals surface area contributed by atoms with Crippen LogP contribution in [0.25, 0.3) is 0 Å². The lowest BCUT2D eigenvalue weighted by Gasteiger charge is -2.32. The molecular weight excluding hydrogens is 392 g/mol. The van der Waals surface area contributed by atoms with Crippen LogP contribution in [0.15, 0.2) is 42.5 Å². The number of piperidine rings is 1. The van der Waals surface area contributed by atoms with Crippen molar-refractivity contribution in [3.05, 3.63) is 64.7 Å². The molecule has 0 saturated carbocycles. The van der Waals surface area contributed by atoms with Gasteiger partial charge in [0.2, 0.25) is 5.91 Å². The molecule has 0 N–H and O–H groups in total. The number of hydrogen-bond acceptors (Lipinski definition) is 4. The lowest BCUT2D eigenvalue weighted by molar-refractivity contribution is -0.133. The fraction of sp³-hybridized carbons (Fsp3) is 0.400. The Morgan fingerprint density at radius 3 is 2.23 bits per heavy atom. The lowest BCUT2D eigenvalue weighted by Crippen LogP contribution is -2.42. The van der Waals surface area contributed by atoms with Crippen LogP contribution >= 0.6 is 0 Å². The summed E-state index contributed by atoms with van der Waals surface area (Å²) in [5, 5.41) is 0. The zero-order valence-corrected chi connectivity index (χ0v) is 18.1. The summed E-state index contributed by atoms with van der Waals surface area (Å²) in [5.74, 6) is 0.421. The minimum Gasteiger partial charge on any atom is -0.490 e. The average Bonchev–Trinajstić information content (AvgIpc) is 3.02. The van der Waals surface area contributed by atoms with E-state index in [1.807, 2.05) is 11.0 Å². The summed E-state index contributed by atoms with van der Waals surface area (Å²) in [5.41, 5.74) is 3.35. The SMILES string of the molecule is Cc1ccc(OC2CCN(C(=O)CCCN3C(=O)c4ccccc4C3=O)CC2)cc1C. The molecular formula is C25H28N2O4. The van der Waals surface area contributed by atoms with Gasteiger partial charge in [-0.2, -0.15) is 0 Å². The van der Waals surface area contributed by atoms with Crippen molar-refractivity contribution >= 4 is 17.7 Å². The summed E-state index contributed by atoms with van der Waals surface area (Å²) in [7, 11) is 0. The standard InChI is InChI=1S/C25H28N2O4/c1-17-9-10-20(16-18(17)2)31-19-11-14-26(15-12-19)23(28)8-5-13-27-24(29)21-6-3-4-7-22(21)25(27)30/h3-4,6-7,9-10,16,19H,5,8,11-15H2,1-2H3. The van der Waals surface area contributed by atoms with Gasteiger partial charge in [-0.3, -0.25) is 19.3 Å². The number of carbonyl (C=O) groups is 3. The van der Waals surface area contributed by atoms with Crippen LogP contribution in [-0.4, -0.2) is 53.3 Å². The maximum absolute atomic E-state index is 12.6. The molecule has 2 aromatic carbocycles. The van der Waals surface area contributed by atoms with Crippen molar-refractivity contribution in [1.82, 2.24) is 9.80 Å². The Morgan fingerprint density at radius 2 is 1.61 bits per heavy atom. The zero-order valence-electron chi connectivity index (χ0n) is 18.1. The number of aryl methyl sites for hydroxylation is 2. The van der Waals surface area contributed by atoms with Crippen molar-refractivity contribution in [2.24, 2.45) is 0 Å². The normalized spacial score (nSPS) is 16.6. The second-order valence-electron chi connectivity index (χ2n) is 8.36. The minimum atomic E-state index is -0.266. The second kappa shape index (κ2) is 8.92. The van der Waals surface area contributed by atoms with E-state index in [2.05, 4.69) is 26.0 Å². The molecule has 0 bridgehead atoms. The number of likely N-dealkylation sites (tertiary alicyclic amines) is 1. The van der Waals surface area contributed by atoms with E-state index in [4.69, 9.17) is 4.74 Å². The smallest absolute Gasteiger partial charge is 0.261 e. The first-order valence-corrected chi connectivity index (χ1v) is 10.9. The Balaban J connectivity index is 1.21. The molecule has 0 unspecified atom stereocenters. The highest BCUT2D eigenvalue weighted by molar-refractivity contribution is 6.21. The summed E-state index contributed by atoms with van der Waals surface area (Å²) in [6.07, 6.45) is 2.53. The lowest BCUT2D eigenvalue weighted by atomic mass is 10.1. The van der Waals surface area contributed by atoms with Crippen LogP contribution in [-0.2, 0) is 4.79 Å². The van der Waals surface area contributed by atoms with Gasteiger partial charge in [-0.25, -0.2) is 0 Å². The Kier molecular flexibility index (Phi) is 6.07. The van der Waals surface area contributed by atoms with Crippen LogP contribution in [0, 0.1) is 13.8 Å². The number of nitrogens with zero attached hydrogens (tertiary/aromatic N) is 2. The number of rotatable bonds is 6. The fourth-order valence-corrected chi connectivity index (χ4v) is 4.19. The van der Waals surface area contributed by atoms with E-state index in [1.165, 1.54) is 16.0 Å². The Hall–Kier alpha value is -3.15. The summed E-state index contributed by atoms with van der Waals surface area (Å²) in [6.45, 7) is 5.76. The van der Waals surface area contributed by atoms with Crippen LogP contribution < -0.4 is 4.74 Å². The van der Waals surface area contributed by atoms with E-state index in [1.54, 1.807) is 24.3 Å². The second-order valence-corrected chi connectivity index (χ2v) is 8.36. The molecule has 2 heterocycles. The summed E-state index contributed by atoms with van der Waals surface area (Å²) in [4.78, 5) is 40.5. The van der Waals surface area contributed by atoms with E-state index < -0.39 is 0 Å². The predicted octanol–water partition coefficient (Wildman–Crippen LogP) is 3.75. The molecule has 2 aliphatic heterocycles. The summed E-state index contributed by atoms with van der Waals surface area (Å²) < 4.78 is 6.10. The number of fused-ring (bicyclic) bond motifs is 1. The molecule has 6 heteroatoms. The third-order valence-corrected chi connectivity index (χ3v) is 6.23. The van der Waals surface area contributed by atoms with Crippen molar-refractivity contribution in [2.75, 3.05) is 19.6 Å². The van der Waals surface area contributed by atoms with E-state index >= 15 is 0 Å². The maximum atomic E-state index is 12.6. The molecule has 0 aliphatic carbocycles. The minimum absolute atomic E-state index is 0.0706. The van der Waals surface area contributed by atoms with Gasteiger partial charge in [0.15, 0.2) is 0 Å². The molecule has 0 radical (unpaired) electrons. The molecule has 4 rings (SSSR count). The van der Waals surface area contributed by atoms with Crippen LogP contribution in [0.1, 0.15) is 57.5 Å². The number of hydrogen-bond donors (Lipinski definition) is 0. The molecule has 31 heavy (non-hydrogen) atoms. The topological polar surface area (TPSA) is 66.9 Å². The van der Waals surface area contributed by atoms with Crippen molar-refractivity contribution in [3.63, 3.8) is 0 Å². The molecule has 2 aliphatic rings. The van der Waals surface area contributed by atoms with Crippen molar-refractivity contribution in [1.29, 1.82) is 0 Å². The van der Waals surface area contributed by atoms with Crippen molar-refractivity contribution in [2.45, 2.75) is 45.6 Å². The first-order chi connectivity index (χ1) is 14.9. The number of imide groups is 1. The third kappa shape index (κ3) is 4.48. The van der Waals surface area contributed by atoms with Crippen LogP contribution in [0.5, 0.6) is 5.75 Å². The van der Waals surface area contributed by atoms with Gasteiger partial charge in [-0.05, 0) is 55.7 Å².